The molecule has 1 heterocycles. The van der Waals surface area contributed by atoms with Crippen molar-refractivity contribution in [2.75, 3.05) is 13.2 Å². The second-order valence-corrected chi connectivity index (χ2v) is 8.32. The molecule has 0 bridgehead atoms. The number of imide groups is 1. The molecule has 0 saturated carbocycles. The Morgan fingerprint density at radius 1 is 1.17 bits per heavy atom. The standard InChI is InChI=1S/C22H21BrFNO4S/c1-3-9-25-21(26)19(30-22(25)27)12-14-10-16(23)20(18(11-14)28-4-2)29-13-15-7-5-6-8-17(15)24/h5-8,10-12H,3-4,9,13H2,1-2H3/b19-12+. The van der Waals surface area contributed by atoms with E-state index >= 15 is 0 Å². The van der Waals surface area contributed by atoms with Crippen molar-refractivity contribution in [3.8, 4) is 11.5 Å². The zero-order chi connectivity index (χ0) is 21.7. The third-order valence-electron chi connectivity index (χ3n) is 4.28. The number of nitrogens with zero attached hydrogens (tertiary/aromatic N) is 1. The molecule has 0 N–H and O–H groups in total. The van der Waals surface area contributed by atoms with Gasteiger partial charge in [0.2, 0.25) is 0 Å². The molecule has 0 aliphatic carbocycles. The van der Waals surface area contributed by atoms with Gasteiger partial charge < -0.3 is 9.47 Å². The van der Waals surface area contributed by atoms with Crippen LogP contribution in [-0.4, -0.2) is 29.2 Å². The quantitative estimate of drug-likeness (QED) is 0.421. The Labute approximate surface area is 187 Å². The first-order valence-electron chi connectivity index (χ1n) is 9.52. The maximum absolute atomic E-state index is 13.9. The smallest absolute Gasteiger partial charge is 0.293 e. The average molecular weight is 494 g/mol. The lowest BCUT2D eigenvalue weighted by Gasteiger charge is -2.15. The molecule has 8 heteroatoms. The fourth-order valence-electron chi connectivity index (χ4n) is 2.91. The van der Waals surface area contributed by atoms with Gasteiger partial charge in [0.15, 0.2) is 11.5 Å². The first-order valence-corrected chi connectivity index (χ1v) is 11.1. The van der Waals surface area contributed by atoms with Gasteiger partial charge in [-0.2, -0.15) is 0 Å². The molecule has 0 atom stereocenters. The molecule has 2 aromatic carbocycles. The Balaban J connectivity index is 1.87. The lowest BCUT2D eigenvalue weighted by molar-refractivity contribution is -0.122. The van der Waals surface area contributed by atoms with Gasteiger partial charge in [0.1, 0.15) is 12.4 Å². The number of thioether (sulfide) groups is 1. The van der Waals surface area contributed by atoms with E-state index in [1.54, 1.807) is 36.4 Å². The van der Waals surface area contributed by atoms with E-state index < -0.39 is 0 Å². The normalized spacial score (nSPS) is 15.2. The molecule has 1 fully saturated rings. The second kappa shape index (κ2) is 10.1. The molecular formula is C22H21BrFNO4S. The summed E-state index contributed by atoms with van der Waals surface area (Å²) in [6, 6.07) is 9.91. The zero-order valence-corrected chi connectivity index (χ0v) is 19.0. The van der Waals surface area contributed by atoms with E-state index in [2.05, 4.69) is 15.9 Å². The topological polar surface area (TPSA) is 55.8 Å². The van der Waals surface area contributed by atoms with E-state index in [1.807, 2.05) is 13.8 Å². The molecule has 0 unspecified atom stereocenters. The Kier molecular flexibility index (Phi) is 7.55. The molecular weight excluding hydrogens is 473 g/mol. The SMILES string of the molecule is CCCN1C(=O)S/C(=C/c2cc(Br)c(OCc3ccccc3F)c(OCC)c2)C1=O. The number of carbonyl (C=O) groups is 2. The molecule has 30 heavy (non-hydrogen) atoms. The number of hydrogen-bond acceptors (Lipinski definition) is 5. The molecule has 158 valence electrons. The van der Waals surface area contributed by atoms with Crippen LogP contribution in [0, 0.1) is 5.82 Å². The van der Waals surface area contributed by atoms with Gasteiger partial charge in [-0.1, -0.05) is 25.1 Å². The number of rotatable bonds is 8. The van der Waals surface area contributed by atoms with Crippen molar-refractivity contribution in [2.24, 2.45) is 0 Å². The van der Waals surface area contributed by atoms with E-state index in [1.165, 1.54) is 11.0 Å². The third kappa shape index (κ3) is 5.05. The molecule has 3 rings (SSSR count). The Hall–Kier alpha value is -2.32. The minimum atomic E-state index is -0.342. The van der Waals surface area contributed by atoms with E-state index in [9.17, 15) is 14.0 Å². The van der Waals surface area contributed by atoms with Crippen LogP contribution in [-0.2, 0) is 11.4 Å². The summed E-state index contributed by atoms with van der Waals surface area (Å²) in [5, 5.41) is -0.262. The number of carbonyl (C=O) groups excluding carboxylic acids is 2. The highest BCUT2D eigenvalue weighted by Gasteiger charge is 2.34. The van der Waals surface area contributed by atoms with Crippen molar-refractivity contribution < 1.29 is 23.5 Å². The van der Waals surface area contributed by atoms with Crippen LogP contribution in [0.25, 0.3) is 6.08 Å². The van der Waals surface area contributed by atoms with Crippen LogP contribution in [0.2, 0.25) is 0 Å². The molecule has 1 aliphatic rings. The molecule has 1 saturated heterocycles. The van der Waals surface area contributed by atoms with Crippen molar-refractivity contribution in [3.05, 3.63) is 62.7 Å². The predicted molar refractivity (Wildman–Crippen MR) is 119 cm³/mol. The van der Waals surface area contributed by atoms with Gasteiger partial charge in [-0.05, 0) is 70.9 Å². The lowest BCUT2D eigenvalue weighted by atomic mass is 10.1. The fourth-order valence-corrected chi connectivity index (χ4v) is 4.35. The van der Waals surface area contributed by atoms with Crippen molar-refractivity contribution >= 4 is 44.9 Å². The van der Waals surface area contributed by atoms with E-state index in [0.29, 0.717) is 51.6 Å². The molecule has 1 aliphatic heterocycles. The molecule has 2 aromatic rings. The van der Waals surface area contributed by atoms with Crippen molar-refractivity contribution in [1.29, 1.82) is 0 Å². The van der Waals surface area contributed by atoms with Crippen LogP contribution in [0.4, 0.5) is 9.18 Å². The number of benzene rings is 2. The summed E-state index contributed by atoms with van der Waals surface area (Å²) < 4.78 is 26.0. The number of amides is 2. The lowest BCUT2D eigenvalue weighted by Crippen LogP contribution is -2.28. The third-order valence-corrected chi connectivity index (χ3v) is 5.78. The summed E-state index contributed by atoms with van der Waals surface area (Å²) in [4.78, 5) is 26.1. The minimum Gasteiger partial charge on any atom is -0.490 e. The van der Waals surface area contributed by atoms with E-state index in [4.69, 9.17) is 9.47 Å². The highest BCUT2D eigenvalue weighted by atomic mass is 79.9. The van der Waals surface area contributed by atoms with Crippen LogP contribution in [0.5, 0.6) is 11.5 Å². The molecule has 0 aromatic heterocycles. The van der Waals surface area contributed by atoms with Gasteiger partial charge in [0.25, 0.3) is 11.1 Å². The monoisotopic (exact) mass is 493 g/mol. The number of hydrogen-bond donors (Lipinski definition) is 0. The predicted octanol–water partition coefficient (Wildman–Crippen LogP) is 6.01. The molecule has 0 spiro atoms. The number of halogens is 2. The first kappa shape index (κ1) is 22.4. The maximum Gasteiger partial charge on any atom is 0.293 e. The van der Waals surface area contributed by atoms with Crippen molar-refractivity contribution in [1.82, 2.24) is 4.90 Å². The highest BCUT2D eigenvalue weighted by Crippen LogP contribution is 2.39. The van der Waals surface area contributed by atoms with Crippen molar-refractivity contribution in [2.45, 2.75) is 26.9 Å². The van der Waals surface area contributed by atoms with E-state index in [-0.39, 0.29) is 23.6 Å². The van der Waals surface area contributed by atoms with Gasteiger partial charge in [-0.3, -0.25) is 14.5 Å². The van der Waals surface area contributed by atoms with Crippen molar-refractivity contribution in [3.63, 3.8) is 0 Å². The summed E-state index contributed by atoms with van der Waals surface area (Å²) in [5.74, 6) is 0.269. The Bertz CT molecular complexity index is 995. The maximum atomic E-state index is 13.9. The van der Waals surface area contributed by atoms with Gasteiger partial charge in [0.05, 0.1) is 16.0 Å². The Morgan fingerprint density at radius 3 is 2.63 bits per heavy atom. The summed E-state index contributed by atoms with van der Waals surface area (Å²) in [6.07, 6.45) is 2.37. The molecule has 5 nitrogen and oxygen atoms in total. The largest absolute Gasteiger partial charge is 0.490 e. The van der Waals surface area contributed by atoms with Gasteiger partial charge in [-0.25, -0.2) is 4.39 Å². The van der Waals surface area contributed by atoms with E-state index in [0.717, 1.165) is 11.8 Å². The van der Waals surface area contributed by atoms with Gasteiger partial charge in [-0.15, -0.1) is 0 Å². The van der Waals surface area contributed by atoms with Crippen LogP contribution in [0.3, 0.4) is 0 Å². The minimum absolute atomic E-state index is 0.0423. The summed E-state index contributed by atoms with van der Waals surface area (Å²) in [5.41, 5.74) is 1.12. The second-order valence-electron chi connectivity index (χ2n) is 6.48. The summed E-state index contributed by atoms with van der Waals surface area (Å²) in [6.45, 7) is 4.61. The first-order chi connectivity index (χ1) is 14.4. The highest BCUT2D eigenvalue weighted by molar-refractivity contribution is 9.10. The Morgan fingerprint density at radius 2 is 1.93 bits per heavy atom. The average Bonchev–Trinajstić information content (AvgIpc) is 2.96. The molecule has 0 radical (unpaired) electrons. The summed E-state index contributed by atoms with van der Waals surface area (Å²) >= 11 is 4.40. The van der Waals surface area contributed by atoms with Crippen LogP contribution in [0.1, 0.15) is 31.4 Å². The van der Waals surface area contributed by atoms with Gasteiger partial charge in [0, 0.05) is 12.1 Å². The number of ether oxygens (including phenoxy) is 2. The van der Waals surface area contributed by atoms with Crippen LogP contribution in [0.15, 0.2) is 45.8 Å². The fraction of sp³-hybridized carbons (Fsp3) is 0.273. The van der Waals surface area contributed by atoms with Gasteiger partial charge >= 0.3 is 0 Å². The zero-order valence-electron chi connectivity index (χ0n) is 16.6. The molecule has 2 amide bonds. The van der Waals surface area contributed by atoms with Crippen LogP contribution < -0.4 is 9.47 Å². The summed E-state index contributed by atoms with van der Waals surface area (Å²) in [7, 11) is 0. The van der Waals surface area contributed by atoms with Crippen LogP contribution >= 0.6 is 27.7 Å².